The molecule has 0 aliphatic rings. The third kappa shape index (κ3) is 2.90. The summed E-state index contributed by atoms with van der Waals surface area (Å²) in [5, 5.41) is 17.3. The number of nitriles is 1. The van der Waals surface area contributed by atoms with Crippen LogP contribution in [0.3, 0.4) is 0 Å². The van der Waals surface area contributed by atoms with Gasteiger partial charge < -0.3 is 14.3 Å². The van der Waals surface area contributed by atoms with E-state index in [-0.39, 0.29) is 23.5 Å². The van der Waals surface area contributed by atoms with Crippen LogP contribution in [0.15, 0.2) is 34.9 Å². The summed E-state index contributed by atoms with van der Waals surface area (Å²) in [4.78, 5) is 10.6. The second kappa shape index (κ2) is 5.23. The SMILES string of the molecule is N#Cc1ccc(OCc2cc(C(=O)O)co2)cc1F. The Morgan fingerprint density at radius 3 is 2.84 bits per heavy atom. The monoisotopic (exact) mass is 261 g/mol. The van der Waals surface area contributed by atoms with Crippen LogP contribution >= 0.6 is 0 Å². The van der Waals surface area contributed by atoms with Crippen LogP contribution in [-0.4, -0.2) is 11.1 Å². The average molecular weight is 261 g/mol. The fourth-order valence-electron chi connectivity index (χ4n) is 1.40. The molecule has 6 heteroatoms. The second-order valence-corrected chi connectivity index (χ2v) is 3.65. The second-order valence-electron chi connectivity index (χ2n) is 3.65. The van der Waals surface area contributed by atoms with Crippen LogP contribution in [0.2, 0.25) is 0 Å². The zero-order valence-electron chi connectivity index (χ0n) is 9.59. The van der Waals surface area contributed by atoms with E-state index in [4.69, 9.17) is 19.5 Å². The van der Waals surface area contributed by atoms with Gasteiger partial charge in [0.25, 0.3) is 0 Å². The van der Waals surface area contributed by atoms with Crippen molar-refractivity contribution in [3.63, 3.8) is 0 Å². The third-order valence-electron chi connectivity index (χ3n) is 2.34. The Bertz CT molecular complexity index is 657. The number of aromatic carboxylic acids is 1. The molecule has 0 aliphatic heterocycles. The van der Waals surface area contributed by atoms with Crippen LogP contribution in [0.1, 0.15) is 21.7 Å². The van der Waals surface area contributed by atoms with E-state index in [9.17, 15) is 9.18 Å². The van der Waals surface area contributed by atoms with Gasteiger partial charge in [0.15, 0.2) is 0 Å². The number of ether oxygens (including phenoxy) is 1. The van der Waals surface area contributed by atoms with Crippen LogP contribution in [-0.2, 0) is 6.61 Å². The van der Waals surface area contributed by atoms with Gasteiger partial charge in [-0.25, -0.2) is 9.18 Å². The number of hydrogen-bond acceptors (Lipinski definition) is 4. The molecule has 0 saturated carbocycles. The third-order valence-corrected chi connectivity index (χ3v) is 2.34. The lowest BCUT2D eigenvalue weighted by Crippen LogP contribution is -1.96. The Hall–Kier alpha value is -2.81. The standard InChI is InChI=1S/C13H8FNO4/c14-12-4-10(2-1-8(12)5-15)19-7-11-3-9(6-18-11)13(16)17/h1-4,6H,7H2,(H,16,17). The molecule has 1 aromatic carbocycles. The number of nitrogens with zero attached hydrogens (tertiary/aromatic N) is 1. The topological polar surface area (TPSA) is 83.5 Å². The maximum Gasteiger partial charge on any atom is 0.338 e. The lowest BCUT2D eigenvalue weighted by atomic mass is 10.2. The van der Waals surface area contributed by atoms with E-state index in [0.29, 0.717) is 5.76 Å². The summed E-state index contributed by atoms with van der Waals surface area (Å²) >= 11 is 0. The van der Waals surface area contributed by atoms with Crippen LogP contribution in [0.5, 0.6) is 5.75 Å². The molecule has 5 nitrogen and oxygen atoms in total. The molecule has 0 aliphatic carbocycles. The van der Waals surface area contributed by atoms with Crippen molar-refractivity contribution in [3.8, 4) is 11.8 Å². The predicted octanol–water partition coefficient (Wildman–Crippen LogP) is 2.57. The minimum atomic E-state index is -1.10. The van der Waals surface area contributed by atoms with Gasteiger partial charge in [-0.3, -0.25) is 0 Å². The van der Waals surface area contributed by atoms with Crippen molar-refractivity contribution in [1.29, 1.82) is 5.26 Å². The first-order valence-electron chi connectivity index (χ1n) is 5.23. The molecule has 19 heavy (non-hydrogen) atoms. The molecule has 1 aromatic heterocycles. The Morgan fingerprint density at radius 1 is 1.47 bits per heavy atom. The molecular formula is C13H8FNO4. The molecule has 0 bridgehead atoms. The van der Waals surface area contributed by atoms with Crippen LogP contribution in [0, 0.1) is 17.1 Å². The van der Waals surface area contributed by atoms with Crippen LogP contribution < -0.4 is 4.74 Å². The highest BCUT2D eigenvalue weighted by Crippen LogP contribution is 2.18. The number of halogens is 1. The summed E-state index contributed by atoms with van der Waals surface area (Å²) in [5.74, 6) is -1.24. The first kappa shape index (κ1) is 12.6. The van der Waals surface area contributed by atoms with Gasteiger partial charge in [0.2, 0.25) is 0 Å². The van der Waals surface area contributed by atoms with E-state index in [1.165, 1.54) is 18.2 Å². The highest BCUT2D eigenvalue weighted by molar-refractivity contribution is 5.87. The molecular weight excluding hydrogens is 253 g/mol. The van der Waals surface area contributed by atoms with Crippen molar-refractivity contribution in [1.82, 2.24) is 0 Å². The van der Waals surface area contributed by atoms with Gasteiger partial charge in [-0.1, -0.05) is 0 Å². The lowest BCUT2D eigenvalue weighted by molar-refractivity contribution is 0.0696. The fraction of sp³-hybridized carbons (Fsp3) is 0.0769. The smallest absolute Gasteiger partial charge is 0.338 e. The number of benzene rings is 1. The summed E-state index contributed by atoms with van der Waals surface area (Å²) < 4.78 is 23.5. The van der Waals surface area contributed by atoms with Crippen LogP contribution in [0.25, 0.3) is 0 Å². The summed E-state index contributed by atoms with van der Waals surface area (Å²) in [6.07, 6.45) is 1.10. The molecule has 0 atom stereocenters. The van der Waals surface area contributed by atoms with E-state index in [2.05, 4.69) is 0 Å². The minimum absolute atomic E-state index is 0.0182. The average Bonchev–Trinajstić information content (AvgIpc) is 2.85. The van der Waals surface area contributed by atoms with Gasteiger partial charge in [-0.05, 0) is 18.2 Å². The van der Waals surface area contributed by atoms with Crippen molar-refractivity contribution < 1.29 is 23.4 Å². The van der Waals surface area contributed by atoms with Gasteiger partial charge in [0.05, 0.1) is 11.1 Å². The highest BCUT2D eigenvalue weighted by Gasteiger charge is 2.09. The van der Waals surface area contributed by atoms with Gasteiger partial charge in [-0.15, -0.1) is 0 Å². The maximum atomic E-state index is 13.3. The Labute approximate surface area is 107 Å². The summed E-state index contributed by atoms with van der Waals surface area (Å²) in [6, 6.07) is 6.85. The molecule has 0 unspecified atom stereocenters. The van der Waals surface area contributed by atoms with Crippen LogP contribution in [0.4, 0.5) is 4.39 Å². The summed E-state index contributed by atoms with van der Waals surface area (Å²) in [5.41, 5.74) is -0.0527. The summed E-state index contributed by atoms with van der Waals surface area (Å²) in [7, 11) is 0. The van der Waals surface area contributed by atoms with E-state index in [1.54, 1.807) is 6.07 Å². The minimum Gasteiger partial charge on any atom is -0.486 e. The van der Waals surface area contributed by atoms with Crippen molar-refractivity contribution in [2.24, 2.45) is 0 Å². The molecule has 0 radical (unpaired) electrons. The number of carboxylic acids is 1. The predicted molar refractivity (Wildman–Crippen MR) is 61.1 cm³/mol. The molecule has 0 spiro atoms. The molecule has 1 N–H and O–H groups in total. The Balaban J connectivity index is 2.04. The number of carbonyl (C=O) groups is 1. The quantitative estimate of drug-likeness (QED) is 0.914. The highest BCUT2D eigenvalue weighted by atomic mass is 19.1. The Morgan fingerprint density at radius 2 is 2.26 bits per heavy atom. The first-order chi connectivity index (χ1) is 9.10. The van der Waals surface area contributed by atoms with Gasteiger partial charge in [-0.2, -0.15) is 5.26 Å². The van der Waals surface area contributed by atoms with Crippen molar-refractivity contribution >= 4 is 5.97 Å². The molecule has 96 valence electrons. The van der Waals surface area contributed by atoms with E-state index >= 15 is 0 Å². The number of carboxylic acid groups (broad SMARTS) is 1. The van der Waals surface area contributed by atoms with Crippen molar-refractivity contribution in [2.45, 2.75) is 6.61 Å². The lowest BCUT2D eigenvalue weighted by Gasteiger charge is -2.04. The van der Waals surface area contributed by atoms with E-state index in [1.807, 2.05) is 0 Å². The van der Waals surface area contributed by atoms with E-state index in [0.717, 1.165) is 12.3 Å². The Kier molecular flexibility index (Phi) is 3.48. The molecule has 0 fully saturated rings. The zero-order chi connectivity index (χ0) is 13.8. The number of hydrogen-bond donors (Lipinski definition) is 1. The zero-order valence-corrected chi connectivity index (χ0v) is 9.59. The molecule has 0 amide bonds. The molecule has 0 saturated heterocycles. The van der Waals surface area contributed by atoms with Gasteiger partial charge >= 0.3 is 5.97 Å². The van der Waals surface area contributed by atoms with Gasteiger partial charge in [0, 0.05) is 6.07 Å². The van der Waals surface area contributed by atoms with E-state index < -0.39 is 11.8 Å². The summed E-state index contributed by atoms with van der Waals surface area (Å²) in [6.45, 7) is -0.0291. The molecule has 2 rings (SSSR count). The first-order valence-corrected chi connectivity index (χ1v) is 5.23. The van der Waals surface area contributed by atoms with Gasteiger partial charge in [0.1, 0.15) is 36.3 Å². The largest absolute Gasteiger partial charge is 0.486 e. The fourth-order valence-corrected chi connectivity index (χ4v) is 1.40. The molecule has 2 aromatic rings. The normalized spacial score (nSPS) is 9.89. The maximum absolute atomic E-state index is 13.3. The molecule has 1 heterocycles. The number of rotatable bonds is 4. The number of furan rings is 1. The van der Waals surface area contributed by atoms with Crippen molar-refractivity contribution in [2.75, 3.05) is 0 Å². The van der Waals surface area contributed by atoms with Crippen molar-refractivity contribution in [3.05, 3.63) is 53.2 Å².